The second-order valence-electron chi connectivity index (χ2n) is 7.84. The van der Waals surface area contributed by atoms with Crippen molar-refractivity contribution in [2.75, 3.05) is 17.2 Å². The van der Waals surface area contributed by atoms with E-state index >= 15 is 0 Å². The predicted octanol–water partition coefficient (Wildman–Crippen LogP) is 6.97. The summed E-state index contributed by atoms with van der Waals surface area (Å²) < 4.78 is 46.4. The van der Waals surface area contributed by atoms with Crippen molar-refractivity contribution in [2.45, 2.75) is 39.8 Å². The van der Waals surface area contributed by atoms with Crippen LogP contribution < -0.4 is 15.4 Å². The average molecular weight is 445 g/mol. The molecular formula is C24H27F3N4O. The Hall–Kier alpha value is -3.29. The number of aromatic nitrogens is 2. The molecule has 0 atom stereocenters. The minimum absolute atomic E-state index is 0.0593. The number of nitrogens with one attached hydrogen (secondary N) is 2. The monoisotopic (exact) mass is 444 g/mol. The zero-order valence-electron chi connectivity index (χ0n) is 18.3. The van der Waals surface area contributed by atoms with Crippen LogP contribution in [-0.2, 0) is 12.6 Å². The molecule has 3 aromatic rings. The zero-order valence-corrected chi connectivity index (χ0v) is 18.3. The van der Waals surface area contributed by atoms with Crippen molar-refractivity contribution in [3.05, 3.63) is 65.9 Å². The van der Waals surface area contributed by atoms with E-state index in [1.54, 1.807) is 24.3 Å². The third-order valence-corrected chi connectivity index (χ3v) is 4.55. The number of para-hydroxylation sites is 2. The summed E-state index contributed by atoms with van der Waals surface area (Å²) in [7, 11) is 0. The Morgan fingerprint density at radius 3 is 2.38 bits per heavy atom. The third kappa shape index (κ3) is 6.35. The van der Waals surface area contributed by atoms with Crippen molar-refractivity contribution in [3.63, 3.8) is 0 Å². The van der Waals surface area contributed by atoms with Gasteiger partial charge in [0.2, 0.25) is 5.95 Å². The molecule has 0 saturated carbocycles. The van der Waals surface area contributed by atoms with Gasteiger partial charge in [-0.1, -0.05) is 45.0 Å². The molecule has 170 valence electrons. The lowest BCUT2D eigenvalue weighted by atomic mass is 10.0. The molecule has 0 saturated heterocycles. The highest BCUT2D eigenvalue weighted by Gasteiger charge is 2.35. The number of hydrogen-bond acceptors (Lipinski definition) is 5. The van der Waals surface area contributed by atoms with Gasteiger partial charge in [0.25, 0.3) is 0 Å². The van der Waals surface area contributed by atoms with Gasteiger partial charge in [0, 0.05) is 11.9 Å². The molecule has 0 unspecified atom stereocenters. The first-order valence-electron chi connectivity index (χ1n) is 10.5. The van der Waals surface area contributed by atoms with Crippen LogP contribution in [0.3, 0.4) is 0 Å². The molecule has 0 aliphatic carbocycles. The zero-order chi connectivity index (χ0) is 23.1. The highest BCUT2D eigenvalue weighted by molar-refractivity contribution is 5.67. The van der Waals surface area contributed by atoms with E-state index in [0.29, 0.717) is 29.6 Å². The first-order chi connectivity index (χ1) is 15.3. The number of anilines is 4. The van der Waals surface area contributed by atoms with Gasteiger partial charge in [0.05, 0.1) is 12.3 Å². The molecule has 0 radical (unpaired) electrons. The van der Waals surface area contributed by atoms with Crippen LogP contribution in [-0.4, -0.2) is 16.6 Å². The maximum atomic E-state index is 13.6. The summed E-state index contributed by atoms with van der Waals surface area (Å²) in [5.74, 6) is 0.698. The molecule has 2 aromatic carbocycles. The van der Waals surface area contributed by atoms with Crippen LogP contribution in [0.1, 0.15) is 38.3 Å². The van der Waals surface area contributed by atoms with Gasteiger partial charge in [-0.3, -0.25) is 0 Å². The molecular weight excluding hydrogens is 417 g/mol. The largest absolute Gasteiger partial charge is 0.491 e. The fourth-order valence-corrected chi connectivity index (χ4v) is 3.10. The lowest BCUT2D eigenvalue weighted by molar-refractivity contribution is -0.137. The molecule has 0 spiro atoms. The number of rotatable bonds is 9. The Labute approximate surface area is 186 Å². The third-order valence-electron chi connectivity index (χ3n) is 4.55. The van der Waals surface area contributed by atoms with Gasteiger partial charge in [0.1, 0.15) is 17.1 Å². The van der Waals surface area contributed by atoms with E-state index < -0.39 is 11.7 Å². The van der Waals surface area contributed by atoms with E-state index in [2.05, 4.69) is 34.4 Å². The maximum absolute atomic E-state index is 13.6. The van der Waals surface area contributed by atoms with Gasteiger partial charge in [-0.25, -0.2) is 4.98 Å². The lowest BCUT2D eigenvalue weighted by Crippen LogP contribution is -2.13. The van der Waals surface area contributed by atoms with Crippen LogP contribution >= 0.6 is 0 Å². The molecule has 2 N–H and O–H groups in total. The second kappa shape index (κ2) is 10.3. The van der Waals surface area contributed by atoms with Crippen molar-refractivity contribution in [3.8, 4) is 5.75 Å². The Morgan fingerprint density at radius 1 is 1.00 bits per heavy atom. The van der Waals surface area contributed by atoms with Gasteiger partial charge < -0.3 is 15.4 Å². The summed E-state index contributed by atoms with van der Waals surface area (Å²) in [5, 5.41) is 5.75. The standard InChI is InChI=1S/C24H27F3N4O/c1-4-13-32-21-8-6-5-7-20(21)30-22-19(24(25,26)27)15-28-23(31-22)29-18-11-9-17(10-12-18)14-16(2)3/h5-12,15-16H,4,13-14H2,1-3H3,(H2,28,29,30,31). The minimum Gasteiger partial charge on any atom is -0.491 e. The molecule has 0 aliphatic rings. The molecule has 0 aliphatic heterocycles. The van der Waals surface area contributed by atoms with E-state index in [-0.39, 0.29) is 11.8 Å². The van der Waals surface area contributed by atoms with Gasteiger partial charge in [-0.05, 0) is 48.6 Å². The summed E-state index contributed by atoms with van der Waals surface area (Å²) in [6, 6.07) is 14.5. The van der Waals surface area contributed by atoms with Crippen molar-refractivity contribution < 1.29 is 17.9 Å². The smallest absolute Gasteiger partial charge is 0.421 e. The first kappa shape index (κ1) is 23.4. The summed E-state index contributed by atoms with van der Waals surface area (Å²) in [6.07, 6.45) is -2.11. The number of nitrogens with zero attached hydrogens (tertiary/aromatic N) is 2. The Morgan fingerprint density at radius 2 is 1.72 bits per heavy atom. The minimum atomic E-state index is -4.61. The molecule has 0 amide bonds. The summed E-state index contributed by atoms with van der Waals surface area (Å²) in [6.45, 7) is 6.69. The van der Waals surface area contributed by atoms with Crippen molar-refractivity contribution in [1.82, 2.24) is 9.97 Å². The van der Waals surface area contributed by atoms with Gasteiger partial charge >= 0.3 is 6.18 Å². The van der Waals surface area contributed by atoms with Crippen LogP contribution in [0.4, 0.5) is 36.3 Å². The molecule has 8 heteroatoms. The Balaban J connectivity index is 1.88. The van der Waals surface area contributed by atoms with Crippen molar-refractivity contribution in [1.29, 1.82) is 0 Å². The summed E-state index contributed by atoms with van der Waals surface area (Å²) in [4.78, 5) is 7.99. The average Bonchev–Trinajstić information content (AvgIpc) is 2.73. The van der Waals surface area contributed by atoms with Crippen molar-refractivity contribution in [2.24, 2.45) is 5.92 Å². The number of halogens is 3. The summed E-state index contributed by atoms with van der Waals surface area (Å²) in [5.41, 5.74) is 1.31. The van der Waals surface area contributed by atoms with Crippen LogP contribution in [0, 0.1) is 5.92 Å². The van der Waals surface area contributed by atoms with Gasteiger partial charge in [0.15, 0.2) is 0 Å². The highest BCUT2D eigenvalue weighted by atomic mass is 19.4. The van der Waals surface area contributed by atoms with E-state index in [1.807, 2.05) is 31.2 Å². The molecule has 5 nitrogen and oxygen atoms in total. The molecule has 0 fully saturated rings. The molecule has 1 aromatic heterocycles. The molecule has 1 heterocycles. The SMILES string of the molecule is CCCOc1ccccc1Nc1nc(Nc2ccc(CC(C)C)cc2)ncc1C(F)(F)F. The topological polar surface area (TPSA) is 59.1 Å². The maximum Gasteiger partial charge on any atom is 0.421 e. The van der Waals surface area contributed by atoms with Crippen LogP contribution in [0.5, 0.6) is 5.75 Å². The van der Waals surface area contributed by atoms with E-state index in [0.717, 1.165) is 19.0 Å². The second-order valence-corrected chi connectivity index (χ2v) is 7.84. The van der Waals surface area contributed by atoms with Crippen LogP contribution in [0.15, 0.2) is 54.7 Å². The molecule has 3 rings (SSSR count). The quantitative estimate of drug-likeness (QED) is 0.373. The number of benzene rings is 2. The lowest BCUT2D eigenvalue weighted by Gasteiger charge is -2.17. The molecule has 32 heavy (non-hydrogen) atoms. The number of alkyl halides is 3. The predicted molar refractivity (Wildman–Crippen MR) is 121 cm³/mol. The summed E-state index contributed by atoms with van der Waals surface area (Å²) >= 11 is 0. The van der Waals surface area contributed by atoms with Gasteiger partial charge in [-0.2, -0.15) is 18.2 Å². The Kier molecular flexibility index (Phi) is 7.56. The Bertz CT molecular complexity index is 1020. The molecule has 0 bridgehead atoms. The van der Waals surface area contributed by atoms with E-state index in [9.17, 15) is 13.2 Å². The fraction of sp³-hybridized carbons (Fsp3) is 0.333. The van der Waals surface area contributed by atoms with Gasteiger partial charge in [-0.15, -0.1) is 0 Å². The van der Waals surface area contributed by atoms with Crippen molar-refractivity contribution >= 4 is 23.1 Å². The number of ether oxygens (including phenoxy) is 1. The van der Waals surface area contributed by atoms with E-state index in [1.165, 1.54) is 5.56 Å². The van der Waals surface area contributed by atoms with E-state index in [4.69, 9.17) is 4.74 Å². The normalized spacial score (nSPS) is 11.5. The van der Waals surface area contributed by atoms with Crippen LogP contribution in [0.2, 0.25) is 0 Å². The highest BCUT2D eigenvalue weighted by Crippen LogP contribution is 2.37. The first-order valence-corrected chi connectivity index (χ1v) is 10.5. The number of hydrogen-bond donors (Lipinski definition) is 2. The van der Waals surface area contributed by atoms with Crippen LogP contribution in [0.25, 0.3) is 0 Å². The fourth-order valence-electron chi connectivity index (χ4n) is 3.10.